The van der Waals surface area contributed by atoms with Crippen molar-refractivity contribution in [2.45, 2.75) is 24.3 Å². The molecule has 0 aliphatic carbocycles. The van der Waals surface area contributed by atoms with Crippen LogP contribution in [0.5, 0.6) is 0 Å². The number of hydrogen-bond donors (Lipinski definition) is 2. The molecule has 3 rings (SSSR count). The highest BCUT2D eigenvalue weighted by molar-refractivity contribution is 7.98. The first-order chi connectivity index (χ1) is 14.1. The van der Waals surface area contributed by atoms with E-state index in [0.29, 0.717) is 12.5 Å². The van der Waals surface area contributed by atoms with Gasteiger partial charge in [0, 0.05) is 18.0 Å². The number of piperidine rings is 1. The van der Waals surface area contributed by atoms with Crippen molar-refractivity contribution in [3.63, 3.8) is 0 Å². The maximum absolute atomic E-state index is 13.6. The Balaban J connectivity index is 1.41. The lowest BCUT2D eigenvalue weighted by molar-refractivity contribution is -0.136. The number of thioether (sulfide) groups is 1. The number of nitrogens with one attached hydrogen (secondary N) is 2. The highest BCUT2D eigenvalue weighted by Crippen LogP contribution is 2.24. The van der Waals surface area contributed by atoms with Gasteiger partial charge in [-0.05, 0) is 61.9 Å². The molecule has 0 aromatic heterocycles. The van der Waals surface area contributed by atoms with Gasteiger partial charge in [0.1, 0.15) is 5.82 Å². The molecule has 1 heterocycles. The molecule has 5 nitrogen and oxygen atoms in total. The van der Waals surface area contributed by atoms with Crippen LogP contribution in [0.4, 0.5) is 10.1 Å². The van der Waals surface area contributed by atoms with Crippen LogP contribution in [0, 0.1) is 11.7 Å². The van der Waals surface area contributed by atoms with Gasteiger partial charge in [-0.15, -0.1) is 11.8 Å². The van der Waals surface area contributed by atoms with E-state index in [1.54, 1.807) is 17.8 Å². The quantitative estimate of drug-likeness (QED) is 0.560. The van der Waals surface area contributed by atoms with E-state index in [-0.39, 0.29) is 5.69 Å². The summed E-state index contributed by atoms with van der Waals surface area (Å²) in [6, 6.07) is 14.2. The molecule has 2 N–H and O–H groups in total. The minimum Gasteiger partial charge on any atom is -0.348 e. The second kappa shape index (κ2) is 10.4. The van der Waals surface area contributed by atoms with E-state index in [0.717, 1.165) is 32.5 Å². The van der Waals surface area contributed by atoms with Crippen molar-refractivity contribution >= 4 is 29.3 Å². The third kappa shape index (κ3) is 6.05. The number of halogens is 1. The Kier molecular flexibility index (Phi) is 7.66. The lowest BCUT2D eigenvalue weighted by Gasteiger charge is -2.32. The molecule has 1 aliphatic heterocycles. The summed E-state index contributed by atoms with van der Waals surface area (Å²) < 4.78 is 13.6. The molecular weight excluding hydrogens is 389 g/mol. The van der Waals surface area contributed by atoms with E-state index >= 15 is 0 Å². The monoisotopic (exact) mass is 415 g/mol. The first kappa shape index (κ1) is 21.3. The Morgan fingerprint density at radius 1 is 1.07 bits per heavy atom. The molecule has 2 amide bonds. The van der Waals surface area contributed by atoms with E-state index < -0.39 is 17.6 Å². The molecule has 0 bridgehead atoms. The summed E-state index contributed by atoms with van der Waals surface area (Å²) in [5, 5.41) is 4.99. The van der Waals surface area contributed by atoms with Gasteiger partial charge in [0.25, 0.3) is 0 Å². The number of rotatable bonds is 6. The smallest absolute Gasteiger partial charge is 0.313 e. The normalized spacial score (nSPS) is 15.1. The lowest BCUT2D eigenvalue weighted by Crippen LogP contribution is -2.41. The maximum atomic E-state index is 13.6. The van der Waals surface area contributed by atoms with E-state index in [2.05, 4.69) is 46.1 Å². The summed E-state index contributed by atoms with van der Waals surface area (Å²) in [5.41, 5.74) is 1.35. The number of amides is 2. The topological polar surface area (TPSA) is 61.4 Å². The Labute approximate surface area is 175 Å². The molecule has 154 valence electrons. The highest BCUT2D eigenvalue weighted by atomic mass is 32.2. The number of nitrogens with zero attached hydrogens (tertiary/aromatic N) is 1. The van der Waals surface area contributed by atoms with Crippen molar-refractivity contribution in [3.05, 3.63) is 59.9 Å². The fourth-order valence-electron chi connectivity index (χ4n) is 3.48. The summed E-state index contributed by atoms with van der Waals surface area (Å²) >= 11 is 1.76. The molecule has 1 fully saturated rings. The molecule has 0 saturated carbocycles. The highest BCUT2D eigenvalue weighted by Gasteiger charge is 2.22. The molecule has 0 radical (unpaired) electrons. The van der Waals surface area contributed by atoms with Crippen LogP contribution in [0.25, 0.3) is 0 Å². The number of likely N-dealkylation sites (tertiary alicyclic amines) is 1. The largest absolute Gasteiger partial charge is 0.348 e. The molecule has 2 aromatic rings. The number of anilines is 1. The molecule has 1 aliphatic rings. The first-order valence-electron chi connectivity index (χ1n) is 9.74. The molecule has 2 aromatic carbocycles. The zero-order chi connectivity index (χ0) is 20.6. The zero-order valence-electron chi connectivity index (χ0n) is 16.5. The number of hydrogen-bond acceptors (Lipinski definition) is 4. The fourth-order valence-corrected chi connectivity index (χ4v) is 4.09. The Morgan fingerprint density at radius 3 is 2.48 bits per heavy atom. The lowest BCUT2D eigenvalue weighted by atomic mass is 9.96. The predicted molar refractivity (Wildman–Crippen MR) is 114 cm³/mol. The average Bonchev–Trinajstić information content (AvgIpc) is 2.75. The van der Waals surface area contributed by atoms with Crippen LogP contribution in [0.3, 0.4) is 0 Å². The molecule has 0 spiro atoms. The molecule has 7 heteroatoms. The van der Waals surface area contributed by atoms with Crippen molar-refractivity contribution in [3.8, 4) is 0 Å². The Bertz CT molecular complexity index is 853. The van der Waals surface area contributed by atoms with Gasteiger partial charge < -0.3 is 10.6 Å². The van der Waals surface area contributed by atoms with Crippen LogP contribution in [-0.4, -0.2) is 42.6 Å². The summed E-state index contributed by atoms with van der Waals surface area (Å²) in [5.74, 6) is -1.80. The van der Waals surface area contributed by atoms with Crippen molar-refractivity contribution < 1.29 is 14.0 Å². The molecule has 1 saturated heterocycles. The average molecular weight is 416 g/mol. The predicted octanol–water partition coefficient (Wildman–Crippen LogP) is 3.51. The number of carbonyl (C=O) groups excluding carboxylic acids is 2. The molecule has 29 heavy (non-hydrogen) atoms. The summed E-state index contributed by atoms with van der Waals surface area (Å²) in [6.07, 6.45) is 4.03. The number of para-hydroxylation sites is 1. The van der Waals surface area contributed by atoms with Gasteiger partial charge in [-0.25, -0.2) is 4.39 Å². The van der Waals surface area contributed by atoms with E-state index in [4.69, 9.17) is 0 Å². The van der Waals surface area contributed by atoms with Gasteiger partial charge in [0.05, 0.1) is 5.69 Å². The summed E-state index contributed by atoms with van der Waals surface area (Å²) in [7, 11) is 0. The van der Waals surface area contributed by atoms with Crippen LogP contribution >= 0.6 is 11.8 Å². The van der Waals surface area contributed by atoms with Crippen molar-refractivity contribution in [2.24, 2.45) is 5.92 Å². The van der Waals surface area contributed by atoms with Crippen molar-refractivity contribution in [1.82, 2.24) is 10.2 Å². The van der Waals surface area contributed by atoms with E-state index in [1.165, 1.54) is 28.7 Å². The molecular formula is C22H26FN3O2S. The number of carbonyl (C=O) groups is 2. The van der Waals surface area contributed by atoms with E-state index in [1.807, 2.05) is 0 Å². The van der Waals surface area contributed by atoms with Crippen LogP contribution in [0.15, 0.2) is 53.4 Å². The molecule has 0 unspecified atom stereocenters. The first-order valence-corrected chi connectivity index (χ1v) is 11.0. The van der Waals surface area contributed by atoms with Crippen molar-refractivity contribution in [1.29, 1.82) is 0 Å². The zero-order valence-corrected chi connectivity index (χ0v) is 17.3. The third-order valence-corrected chi connectivity index (χ3v) is 6.01. The van der Waals surface area contributed by atoms with Gasteiger partial charge in [0.2, 0.25) is 0 Å². The Morgan fingerprint density at radius 2 is 1.76 bits per heavy atom. The van der Waals surface area contributed by atoms with E-state index in [9.17, 15) is 14.0 Å². The van der Waals surface area contributed by atoms with Crippen LogP contribution in [0.1, 0.15) is 18.4 Å². The van der Waals surface area contributed by atoms with Crippen LogP contribution < -0.4 is 10.6 Å². The van der Waals surface area contributed by atoms with Crippen LogP contribution in [-0.2, 0) is 16.1 Å². The number of benzene rings is 2. The standard InChI is InChI=1S/C22H26FN3O2S/c1-29-20-9-5-2-6-17(20)15-26-12-10-16(11-13-26)14-24-21(27)22(28)25-19-8-4-3-7-18(19)23/h2-9,16H,10-15H2,1H3,(H,24,27)(H,25,28). The SMILES string of the molecule is CSc1ccccc1CN1CCC(CNC(=O)C(=O)Nc2ccccc2F)CC1. The van der Waals surface area contributed by atoms with Crippen LogP contribution in [0.2, 0.25) is 0 Å². The minimum atomic E-state index is -0.846. The van der Waals surface area contributed by atoms with Gasteiger partial charge >= 0.3 is 11.8 Å². The van der Waals surface area contributed by atoms with Gasteiger partial charge in [-0.3, -0.25) is 14.5 Å². The van der Waals surface area contributed by atoms with Crippen molar-refractivity contribution in [2.75, 3.05) is 31.2 Å². The van der Waals surface area contributed by atoms with Gasteiger partial charge in [-0.2, -0.15) is 0 Å². The van der Waals surface area contributed by atoms with Gasteiger partial charge in [0.15, 0.2) is 0 Å². The summed E-state index contributed by atoms with van der Waals surface area (Å²) in [4.78, 5) is 27.7. The maximum Gasteiger partial charge on any atom is 0.313 e. The second-order valence-electron chi connectivity index (χ2n) is 7.18. The summed E-state index contributed by atoms with van der Waals surface area (Å²) in [6.45, 7) is 3.31. The minimum absolute atomic E-state index is 0.00600. The second-order valence-corrected chi connectivity index (χ2v) is 8.02. The van der Waals surface area contributed by atoms with Gasteiger partial charge in [-0.1, -0.05) is 30.3 Å². The molecule has 0 atom stereocenters. The Hall–Kier alpha value is -2.38. The third-order valence-electron chi connectivity index (χ3n) is 5.17. The fraction of sp³-hybridized carbons (Fsp3) is 0.364.